The van der Waals surface area contributed by atoms with Crippen molar-refractivity contribution < 1.29 is 13.2 Å². The van der Waals surface area contributed by atoms with Gasteiger partial charge in [0.25, 0.3) is 12.0 Å². The number of nitrogens with zero attached hydrogens (tertiary/aromatic N) is 5. The van der Waals surface area contributed by atoms with Crippen molar-refractivity contribution in [2.24, 2.45) is 0 Å². The van der Waals surface area contributed by atoms with Crippen LogP contribution in [0.5, 0.6) is 0 Å². The summed E-state index contributed by atoms with van der Waals surface area (Å²) < 4.78 is 33.3. The van der Waals surface area contributed by atoms with E-state index in [1.165, 1.54) is 0 Å². The number of fused-ring (bicyclic) bond motifs is 2. The summed E-state index contributed by atoms with van der Waals surface area (Å²) in [5.41, 5.74) is 0.614. The zero-order valence-corrected chi connectivity index (χ0v) is 15.3. The van der Waals surface area contributed by atoms with Gasteiger partial charge in [-0.1, -0.05) is 12.1 Å². The van der Waals surface area contributed by atoms with Gasteiger partial charge in [-0.25, -0.2) is 13.8 Å². The molecule has 0 saturated carbocycles. The maximum atomic E-state index is 13.3. The number of benzene rings is 1. The number of aromatic nitrogens is 4. The highest BCUT2D eigenvalue weighted by Crippen LogP contribution is 2.37. The third-order valence-electron chi connectivity index (χ3n) is 5.28. The minimum absolute atomic E-state index is 0.317. The normalized spacial score (nSPS) is 17.1. The molecule has 29 heavy (non-hydrogen) atoms. The number of alkyl halides is 2. The van der Waals surface area contributed by atoms with Crippen molar-refractivity contribution in [2.45, 2.75) is 31.9 Å². The molecule has 1 aromatic carbocycles. The third-order valence-corrected chi connectivity index (χ3v) is 5.28. The predicted octanol–water partition coefficient (Wildman–Crippen LogP) is 3.54. The van der Waals surface area contributed by atoms with Crippen LogP contribution in [0.25, 0.3) is 21.9 Å². The zero-order valence-electron chi connectivity index (χ0n) is 15.3. The fraction of sp³-hybridized carbons (Fsp3) is 0.300. The van der Waals surface area contributed by atoms with E-state index in [0.717, 1.165) is 16.4 Å². The largest absolute Gasteiger partial charge is 0.460 e. The quantitative estimate of drug-likeness (QED) is 0.524. The summed E-state index contributed by atoms with van der Waals surface area (Å²) in [7, 11) is 0. The monoisotopic (exact) mass is 397 g/mol. The first-order valence-electron chi connectivity index (χ1n) is 9.36. The van der Waals surface area contributed by atoms with E-state index in [1.807, 2.05) is 4.90 Å². The van der Waals surface area contributed by atoms with Crippen molar-refractivity contribution in [1.82, 2.24) is 19.7 Å². The van der Waals surface area contributed by atoms with Gasteiger partial charge >= 0.3 is 0 Å². The SMILES string of the molecule is O=c1c2ccccc2nc(C2CCCN2c2nncc3ccoc23)n1CC(F)F. The van der Waals surface area contributed by atoms with Crippen molar-refractivity contribution in [2.75, 3.05) is 11.4 Å². The van der Waals surface area contributed by atoms with Crippen LogP contribution in [0.3, 0.4) is 0 Å². The van der Waals surface area contributed by atoms with Crippen molar-refractivity contribution in [3.05, 3.63) is 59.0 Å². The lowest BCUT2D eigenvalue weighted by molar-refractivity contribution is 0.123. The Balaban J connectivity index is 1.69. The van der Waals surface area contributed by atoms with Gasteiger partial charge in [0, 0.05) is 11.9 Å². The summed E-state index contributed by atoms with van der Waals surface area (Å²) >= 11 is 0. The Kier molecular flexibility index (Phi) is 4.22. The van der Waals surface area contributed by atoms with Gasteiger partial charge in [-0.15, -0.1) is 5.10 Å². The number of furan rings is 1. The van der Waals surface area contributed by atoms with Crippen LogP contribution in [0.15, 0.2) is 52.0 Å². The van der Waals surface area contributed by atoms with Gasteiger partial charge in [0.05, 0.1) is 35.9 Å². The van der Waals surface area contributed by atoms with E-state index in [0.29, 0.717) is 41.1 Å². The summed E-state index contributed by atoms with van der Waals surface area (Å²) in [6.07, 6.45) is 1.96. The molecule has 9 heteroatoms. The minimum Gasteiger partial charge on any atom is -0.460 e. The second-order valence-corrected chi connectivity index (χ2v) is 7.02. The lowest BCUT2D eigenvalue weighted by atomic mass is 10.1. The molecule has 148 valence electrons. The highest BCUT2D eigenvalue weighted by atomic mass is 19.3. The molecule has 1 fully saturated rings. The van der Waals surface area contributed by atoms with Crippen LogP contribution in [0.1, 0.15) is 24.7 Å². The standard InChI is InChI=1S/C20H17F2N5O2/c21-16(22)11-27-18(24-14-5-2-1-4-13(14)20(27)28)15-6-3-8-26(15)19-17-12(7-9-29-17)10-23-25-19/h1-2,4-5,7,9-10,15-16H,3,6,8,11H2. The number of rotatable bonds is 4. The van der Waals surface area contributed by atoms with Crippen LogP contribution < -0.4 is 10.5 Å². The summed E-state index contributed by atoms with van der Waals surface area (Å²) in [6.45, 7) is -0.0660. The number of anilines is 1. The Morgan fingerprint density at radius 3 is 2.97 bits per heavy atom. The highest BCUT2D eigenvalue weighted by molar-refractivity contribution is 5.86. The second kappa shape index (κ2) is 6.91. The van der Waals surface area contributed by atoms with Gasteiger partial charge in [0.2, 0.25) is 0 Å². The number of para-hydroxylation sites is 1. The topological polar surface area (TPSA) is 77.1 Å². The molecular weight excluding hydrogens is 380 g/mol. The van der Waals surface area contributed by atoms with Crippen LogP contribution in [0.4, 0.5) is 14.6 Å². The molecule has 3 aromatic heterocycles. The minimum atomic E-state index is -2.67. The van der Waals surface area contributed by atoms with Gasteiger partial charge in [0.15, 0.2) is 11.4 Å². The maximum Gasteiger partial charge on any atom is 0.261 e. The van der Waals surface area contributed by atoms with Gasteiger partial charge in [0.1, 0.15) is 5.82 Å². The molecule has 1 aliphatic rings. The van der Waals surface area contributed by atoms with E-state index in [1.54, 1.807) is 42.8 Å². The Morgan fingerprint density at radius 1 is 1.24 bits per heavy atom. The molecule has 4 aromatic rings. The van der Waals surface area contributed by atoms with Crippen molar-refractivity contribution >= 4 is 27.7 Å². The predicted molar refractivity (Wildman–Crippen MR) is 103 cm³/mol. The van der Waals surface area contributed by atoms with E-state index in [9.17, 15) is 13.6 Å². The second-order valence-electron chi connectivity index (χ2n) is 7.02. The molecule has 1 saturated heterocycles. The van der Waals surface area contributed by atoms with E-state index in [-0.39, 0.29) is 6.04 Å². The lowest BCUT2D eigenvalue weighted by Gasteiger charge is -2.27. The average molecular weight is 397 g/mol. The van der Waals surface area contributed by atoms with Crippen molar-refractivity contribution in [3.63, 3.8) is 0 Å². The molecule has 1 aliphatic heterocycles. The van der Waals surface area contributed by atoms with E-state index < -0.39 is 18.5 Å². The average Bonchev–Trinajstić information content (AvgIpc) is 3.39. The third kappa shape index (κ3) is 2.93. The van der Waals surface area contributed by atoms with Gasteiger partial charge in [-0.3, -0.25) is 9.36 Å². The molecule has 1 atom stereocenters. The Morgan fingerprint density at radius 2 is 2.10 bits per heavy atom. The first-order chi connectivity index (χ1) is 14.1. The van der Waals surface area contributed by atoms with Gasteiger partial charge in [-0.2, -0.15) is 5.10 Å². The molecule has 0 spiro atoms. The first kappa shape index (κ1) is 17.7. The fourth-order valence-electron chi connectivity index (χ4n) is 4.02. The maximum absolute atomic E-state index is 13.3. The molecule has 0 amide bonds. The van der Waals surface area contributed by atoms with Crippen molar-refractivity contribution in [3.8, 4) is 0 Å². The van der Waals surface area contributed by atoms with Crippen LogP contribution in [0, 0.1) is 0 Å². The van der Waals surface area contributed by atoms with E-state index in [2.05, 4.69) is 15.2 Å². The molecule has 4 heterocycles. The molecule has 0 radical (unpaired) electrons. The van der Waals surface area contributed by atoms with Gasteiger partial charge in [-0.05, 0) is 31.0 Å². The van der Waals surface area contributed by atoms with Crippen molar-refractivity contribution in [1.29, 1.82) is 0 Å². The first-order valence-corrected chi connectivity index (χ1v) is 9.36. The molecule has 0 N–H and O–H groups in total. The molecule has 1 unspecified atom stereocenters. The summed E-state index contributed by atoms with van der Waals surface area (Å²) in [5, 5.41) is 9.40. The highest BCUT2D eigenvalue weighted by Gasteiger charge is 2.33. The smallest absolute Gasteiger partial charge is 0.261 e. The fourth-order valence-corrected chi connectivity index (χ4v) is 4.02. The molecule has 7 nitrogen and oxygen atoms in total. The number of hydrogen-bond donors (Lipinski definition) is 0. The van der Waals surface area contributed by atoms with E-state index >= 15 is 0 Å². The van der Waals surface area contributed by atoms with Crippen LogP contribution in [-0.4, -0.2) is 32.7 Å². The van der Waals surface area contributed by atoms with Crippen LogP contribution >= 0.6 is 0 Å². The Bertz CT molecular complexity index is 1250. The molecule has 0 bridgehead atoms. The summed E-state index contributed by atoms with van der Waals surface area (Å²) in [6, 6.07) is 8.22. The molecule has 5 rings (SSSR count). The van der Waals surface area contributed by atoms with E-state index in [4.69, 9.17) is 4.42 Å². The Hall–Kier alpha value is -3.36. The lowest BCUT2D eigenvalue weighted by Crippen LogP contribution is -2.34. The number of halogens is 2. The van der Waals surface area contributed by atoms with Crippen LogP contribution in [-0.2, 0) is 6.54 Å². The van der Waals surface area contributed by atoms with Crippen LogP contribution in [0.2, 0.25) is 0 Å². The molecular formula is C20H17F2N5O2. The summed E-state index contributed by atoms with van der Waals surface area (Å²) in [4.78, 5) is 19.5. The van der Waals surface area contributed by atoms with Gasteiger partial charge < -0.3 is 9.32 Å². The summed E-state index contributed by atoms with van der Waals surface area (Å²) in [5.74, 6) is 0.845. The Labute approximate surface area is 163 Å². The number of hydrogen-bond acceptors (Lipinski definition) is 6. The molecule has 0 aliphatic carbocycles. The zero-order chi connectivity index (χ0) is 20.0.